The molecule has 0 radical (unpaired) electrons. The fourth-order valence-corrected chi connectivity index (χ4v) is 4.63. The first-order chi connectivity index (χ1) is 16.5. The lowest BCUT2D eigenvalue weighted by Crippen LogP contribution is -2.21. The van der Waals surface area contributed by atoms with Gasteiger partial charge in [0.1, 0.15) is 0 Å². The third-order valence-electron chi connectivity index (χ3n) is 6.30. The highest BCUT2D eigenvalue weighted by Crippen LogP contribution is 2.45. The Labute approximate surface area is 197 Å². The van der Waals surface area contributed by atoms with Crippen molar-refractivity contribution in [2.45, 2.75) is 32.3 Å². The summed E-state index contributed by atoms with van der Waals surface area (Å²) in [7, 11) is 1.60. The normalized spacial score (nSPS) is 11.7. The second-order valence-corrected chi connectivity index (χ2v) is 9.02. The Morgan fingerprint density at radius 1 is 1.15 bits per heavy atom. The second kappa shape index (κ2) is 8.32. The number of benzene rings is 2. The number of hydrogen-bond acceptors (Lipinski definition) is 5. The molecular weight excluding hydrogens is 426 g/mol. The maximum atomic E-state index is 9.70. The van der Waals surface area contributed by atoms with E-state index in [1.807, 2.05) is 42.6 Å². The van der Waals surface area contributed by atoms with Gasteiger partial charge in [0.2, 0.25) is 5.88 Å². The first kappa shape index (κ1) is 21.7. The van der Waals surface area contributed by atoms with E-state index >= 15 is 0 Å². The number of aliphatic hydroxyl groups excluding tert-OH is 1. The molecule has 2 aromatic carbocycles. The zero-order valence-corrected chi connectivity index (χ0v) is 19.3. The molecule has 0 bridgehead atoms. The molecule has 34 heavy (non-hydrogen) atoms. The molecular formula is C27H25N5O2. The predicted molar refractivity (Wildman–Crippen MR) is 132 cm³/mol. The molecule has 3 heterocycles. The molecule has 0 aliphatic heterocycles. The quantitative estimate of drug-likeness (QED) is 0.367. The molecule has 0 aliphatic carbocycles. The largest absolute Gasteiger partial charge is 0.481 e. The number of nitriles is 1. The highest BCUT2D eigenvalue weighted by atomic mass is 16.5. The van der Waals surface area contributed by atoms with E-state index in [2.05, 4.69) is 51.8 Å². The summed E-state index contributed by atoms with van der Waals surface area (Å²) in [6.45, 7) is 4.18. The summed E-state index contributed by atoms with van der Waals surface area (Å²) in [4.78, 5) is 4.29. The minimum Gasteiger partial charge on any atom is -0.481 e. The SMILES string of the molecule is COc1cc(-n2c(C(C)(C)CC#N)c(-c3ccc(CO)cc3)c3cc4[nH]ncc4cc32)ccn1. The number of aromatic nitrogens is 4. The van der Waals surface area contributed by atoms with Gasteiger partial charge in [-0.05, 0) is 29.3 Å². The molecule has 0 saturated heterocycles. The van der Waals surface area contributed by atoms with Gasteiger partial charge >= 0.3 is 0 Å². The summed E-state index contributed by atoms with van der Waals surface area (Å²) in [6, 6.07) is 18.4. The van der Waals surface area contributed by atoms with Crippen molar-refractivity contribution in [3.05, 3.63) is 72.2 Å². The van der Waals surface area contributed by atoms with E-state index in [1.165, 1.54) is 0 Å². The van der Waals surface area contributed by atoms with Crippen LogP contribution in [0, 0.1) is 11.3 Å². The standard InChI is InChI=1S/C27H25N5O2/c1-27(2,9-10-28)26-25(18-6-4-17(16-33)5-7-18)21-14-22-19(15-30-31-22)12-23(21)32(26)20-8-11-29-24(13-20)34-3/h4-8,11-15,33H,9,16H2,1-3H3,(H,30,31). The van der Waals surface area contributed by atoms with Gasteiger partial charge in [0, 0.05) is 46.1 Å². The number of methoxy groups -OCH3 is 1. The Morgan fingerprint density at radius 2 is 1.94 bits per heavy atom. The molecule has 0 atom stereocenters. The van der Waals surface area contributed by atoms with E-state index in [1.54, 1.807) is 13.3 Å². The van der Waals surface area contributed by atoms with Crippen LogP contribution >= 0.6 is 0 Å². The van der Waals surface area contributed by atoms with Crippen LogP contribution in [-0.2, 0) is 12.0 Å². The number of ether oxygens (including phenoxy) is 1. The zero-order chi connectivity index (χ0) is 23.9. The van der Waals surface area contributed by atoms with E-state index in [0.717, 1.165) is 49.9 Å². The number of aliphatic hydroxyl groups is 1. The maximum absolute atomic E-state index is 9.70. The van der Waals surface area contributed by atoms with Crippen LogP contribution in [0.5, 0.6) is 5.88 Å². The lowest BCUT2D eigenvalue weighted by molar-refractivity contribution is 0.282. The van der Waals surface area contributed by atoms with Gasteiger partial charge in [0.25, 0.3) is 0 Å². The van der Waals surface area contributed by atoms with Crippen molar-refractivity contribution in [2.75, 3.05) is 7.11 Å². The van der Waals surface area contributed by atoms with Crippen LogP contribution in [0.25, 0.3) is 38.6 Å². The van der Waals surface area contributed by atoms with Gasteiger partial charge < -0.3 is 14.4 Å². The smallest absolute Gasteiger partial charge is 0.215 e. The van der Waals surface area contributed by atoms with Crippen LogP contribution in [0.3, 0.4) is 0 Å². The summed E-state index contributed by atoms with van der Waals surface area (Å²) >= 11 is 0. The molecule has 5 rings (SSSR count). The van der Waals surface area contributed by atoms with Crippen molar-refractivity contribution in [3.63, 3.8) is 0 Å². The minimum absolute atomic E-state index is 0.0135. The highest BCUT2D eigenvalue weighted by Gasteiger charge is 2.32. The minimum atomic E-state index is -0.471. The Morgan fingerprint density at radius 3 is 2.65 bits per heavy atom. The van der Waals surface area contributed by atoms with Gasteiger partial charge in [-0.25, -0.2) is 4.98 Å². The molecule has 3 aromatic heterocycles. The summed E-state index contributed by atoms with van der Waals surface area (Å²) in [5.41, 5.74) is 6.31. The topological polar surface area (TPSA) is 99.8 Å². The van der Waals surface area contributed by atoms with Crippen LogP contribution in [0.1, 0.15) is 31.5 Å². The number of nitrogens with one attached hydrogen (secondary N) is 1. The molecule has 2 N–H and O–H groups in total. The average molecular weight is 452 g/mol. The molecule has 0 spiro atoms. The Hall–Kier alpha value is -4.15. The lowest BCUT2D eigenvalue weighted by Gasteiger charge is -2.26. The summed E-state index contributed by atoms with van der Waals surface area (Å²) in [6.07, 6.45) is 3.88. The first-order valence-corrected chi connectivity index (χ1v) is 11.1. The van der Waals surface area contributed by atoms with E-state index in [4.69, 9.17) is 4.74 Å². The van der Waals surface area contributed by atoms with E-state index < -0.39 is 5.41 Å². The summed E-state index contributed by atoms with van der Waals surface area (Å²) in [5, 5.41) is 28.6. The molecule has 0 saturated carbocycles. The second-order valence-electron chi connectivity index (χ2n) is 9.02. The number of pyridine rings is 1. The Bertz CT molecular complexity index is 1540. The van der Waals surface area contributed by atoms with Crippen LogP contribution in [0.15, 0.2) is 60.9 Å². The highest BCUT2D eigenvalue weighted by molar-refractivity contribution is 6.06. The van der Waals surface area contributed by atoms with Crippen molar-refractivity contribution >= 4 is 21.8 Å². The van der Waals surface area contributed by atoms with Crippen LogP contribution in [-0.4, -0.2) is 32.0 Å². The molecule has 5 aromatic rings. The average Bonchev–Trinajstić information content (AvgIpc) is 3.44. The number of H-pyrrole nitrogens is 1. The van der Waals surface area contributed by atoms with Crippen molar-refractivity contribution in [1.29, 1.82) is 5.26 Å². The van der Waals surface area contributed by atoms with Gasteiger partial charge in [-0.15, -0.1) is 0 Å². The van der Waals surface area contributed by atoms with E-state index in [0.29, 0.717) is 12.3 Å². The fraction of sp³-hybridized carbons (Fsp3) is 0.222. The lowest BCUT2D eigenvalue weighted by atomic mass is 9.81. The van der Waals surface area contributed by atoms with Gasteiger partial charge in [-0.1, -0.05) is 38.1 Å². The van der Waals surface area contributed by atoms with Gasteiger partial charge in [-0.3, -0.25) is 5.10 Å². The Balaban J connectivity index is 1.96. The molecule has 0 fully saturated rings. The molecule has 7 heteroatoms. The van der Waals surface area contributed by atoms with Crippen molar-refractivity contribution in [2.24, 2.45) is 0 Å². The third kappa shape index (κ3) is 3.49. The monoisotopic (exact) mass is 451 g/mol. The molecule has 0 unspecified atom stereocenters. The Kier molecular flexibility index (Phi) is 5.31. The number of aromatic amines is 1. The fourth-order valence-electron chi connectivity index (χ4n) is 4.63. The maximum Gasteiger partial charge on any atom is 0.215 e. The van der Waals surface area contributed by atoms with Crippen molar-refractivity contribution in [3.8, 4) is 28.8 Å². The van der Waals surface area contributed by atoms with E-state index in [9.17, 15) is 10.4 Å². The predicted octanol–water partition coefficient (Wildman–Crippen LogP) is 5.26. The molecule has 7 nitrogen and oxygen atoms in total. The third-order valence-corrected chi connectivity index (χ3v) is 6.30. The van der Waals surface area contributed by atoms with E-state index in [-0.39, 0.29) is 6.61 Å². The van der Waals surface area contributed by atoms with Crippen LogP contribution in [0.2, 0.25) is 0 Å². The zero-order valence-electron chi connectivity index (χ0n) is 19.3. The number of fused-ring (bicyclic) bond motifs is 2. The summed E-state index contributed by atoms with van der Waals surface area (Å²) < 4.78 is 7.63. The van der Waals surface area contributed by atoms with Gasteiger partial charge in [-0.2, -0.15) is 10.4 Å². The number of hydrogen-bond donors (Lipinski definition) is 2. The summed E-state index contributed by atoms with van der Waals surface area (Å²) in [5.74, 6) is 0.515. The molecule has 170 valence electrons. The molecule has 0 aliphatic rings. The van der Waals surface area contributed by atoms with Gasteiger partial charge in [0.05, 0.1) is 42.7 Å². The number of nitrogens with zero attached hydrogens (tertiary/aromatic N) is 4. The number of rotatable bonds is 6. The van der Waals surface area contributed by atoms with Crippen molar-refractivity contribution in [1.82, 2.24) is 19.7 Å². The molecule has 0 amide bonds. The van der Waals surface area contributed by atoms with Crippen LogP contribution < -0.4 is 4.74 Å². The van der Waals surface area contributed by atoms with Crippen LogP contribution in [0.4, 0.5) is 0 Å². The van der Waals surface area contributed by atoms with Crippen molar-refractivity contribution < 1.29 is 9.84 Å². The first-order valence-electron chi connectivity index (χ1n) is 11.1. The van der Waals surface area contributed by atoms with Gasteiger partial charge in [0.15, 0.2) is 0 Å².